The van der Waals surface area contributed by atoms with Gasteiger partial charge in [0.05, 0.1) is 19.2 Å². The summed E-state index contributed by atoms with van der Waals surface area (Å²) in [7, 11) is 1.74. The molecule has 1 aliphatic rings. The summed E-state index contributed by atoms with van der Waals surface area (Å²) in [6.45, 7) is 2.70. The van der Waals surface area contributed by atoms with Crippen molar-refractivity contribution in [1.82, 2.24) is 14.2 Å². The van der Waals surface area contributed by atoms with Crippen molar-refractivity contribution in [3.63, 3.8) is 0 Å². The fourth-order valence-electron chi connectivity index (χ4n) is 3.81. The Bertz CT molecular complexity index is 975. The summed E-state index contributed by atoms with van der Waals surface area (Å²) in [6.07, 6.45) is 3.82. The van der Waals surface area contributed by atoms with E-state index in [9.17, 15) is 4.79 Å². The fraction of sp³-hybridized carbons (Fsp3) is 0.429. The topological polar surface area (TPSA) is 69.8 Å². The minimum atomic E-state index is -0.131. The van der Waals surface area contributed by atoms with Crippen LogP contribution in [0.3, 0.4) is 0 Å². The number of rotatable bonds is 7. The van der Waals surface area contributed by atoms with Crippen LogP contribution < -0.4 is 11.0 Å². The molecule has 7 heteroatoms. The van der Waals surface area contributed by atoms with Crippen molar-refractivity contribution in [2.45, 2.75) is 25.4 Å². The minimum Gasteiger partial charge on any atom is -0.383 e. The van der Waals surface area contributed by atoms with Crippen LogP contribution in [0.25, 0.3) is 5.65 Å². The number of methoxy groups -OCH3 is 1. The van der Waals surface area contributed by atoms with E-state index in [4.69, 9.17) is 9.47 Å². The first-order valence-electron chi connectivity index (χ1n) is 9.71. The molecule has 7 nitrogen and oxygen atoms in total. The number of nitrogens with zero attached hydrogens (tertiary/aromatic N) is 3. The molecule has 0 saturated carbocycles. The molecule has 1 atom stereocenters. The highest BCUT2D eigenvalue weighted by molar-refractivity contribution is 5.47. The Morgan fingerprint density at radius 2 is 2.11 bits per heavy atom. The molecule has 3 heterocycles. The van der Waals surface area contributed by atoms with Gasteiger partial charge in [0.1, 0.15) is 0 Å². The number of benzene rings is 1. The zero-order chi connectivity index (χ0) is 19.3. The van der Waals surface area contributed by atoms with Gasteiger partial charge in [-0.2, -0.15) is 0 Å². The smallest absolute Gasteiger partial charge is 0.350 e. The molecule has 1 aliphatic heterocycles. The van der Waals surface area contributed by atoms with Gasteiger partial charge in [-0.05, 0) is 48.6 Å². The predicted molar refractivity (Wildman–Crippen MR) is 108 cm³/mol. The molecule has 2 aromatic heterocycles. The van der Waals surface area contributed by atoms with Gasteiger partial charge in [-0.15, -0.1) is 5.10 Å². The highest BCUT2D eigenvalue weighted by Crippen LogP contribution is 2.23. The number of nitrogens with one attached hydrogen (secondary N) is 1. The molecule has 1 saturated heterocycles. The largest absolute Gasteiger partial charge is 0.383 e. The Labute approximate surface area is 163 Å². The van der Waals surface area contributed by atoms with E-state index in [1.54, 1.807) is 17.7 Å². The SMILES string of the molecule is COCC(Nc1cccc(Cn2nc3ccccn3c2=O)c1)C1CCOCC1. The van der Waals surface area contributed by atoms with E-state index in [1.165, 1.54) is 4.68 Å². The van der Waals surface area contributed by atoms with Gasteiger partial charge in [-0.1, -0.05) is 18.2 Å². The molecule has 0 bridgehead atoms. The summed E-state index contributed by atoms with van der Waals surface area (Å²) in [5.41, 5.74) is 2.58. The van der Waals surface area contributed by atoms with Gasteiger partial charge in [-0.3, -0.25) is 4.40 Å². The first-order chi connectivity index (χ1) is 13.7. The Morgan fingerprint density at radius 1 is 1.25 bits per heavy atom. The van der Waals surface area contributed by atoms with E-state index in [2.05, 4.69) is 22.5 Å². The summed E-state index contributed by atoms with van der Waals surface area (Å²) < 4.78 is 14.0. The number of ether oxygens (including phenoxy) is 2. The molecule has 4 rings (SSSR count). The molecule has 148 valence electrons. The van der Waals surface area contributed by atoms with Gasteiger partial charge in [-0.25, -0.2) is 9.48 Å². The van der Waals surface area contributed by atoms with Gasteiger partial charge in [0.2, 0.25) is 0 Å². The lowest BCUT2D eigenvalue weighted by molar-refractivity contribution is 0.0485. The van der Waals surface area contributed by atoms with Crippen LogP contribution in [0.5, 0.6) is 0 Å². The van der Waals surface area contributed by atoms with Gasteiger partial charge in [0.15, 0.2) is 5.65 Å². The number of anilines is 1. The molecule has 0 amide bonds. The molecule has 3 aromatic rings. The highest BCUT2D eigenvalue weighted by Gasteiger charge is 2.24. The third kappa shape index (κ3) is 4.10. The van der Waals surface area contributed by atoms with Crippen LogP contribution in [0, 0.1) is 5.92 Å². The van der Waals surface area contributed by atoms with Crippen LogP contribution in [-0.2, 0) is 16.0 Å². The van der Waals surface area contributed by atoms with Crippen molar-refractivity contribution in [2.24, 2.45) is 5.92 Å². The minimum absolute atomic E-state index is 0.131. The lowest BCUT2D eigenvalue weighted by Crippen LogP contribution is -2.36. The standard InChI is InChI=1S/C21H26N4O3/c1-27-15-19(17-8-11-28-12-9-17)22-18-6-4-5-16(13-18)14-25-21(26)24-10-3-2-7-20(24)23-25/h2-7,10,13,17,19,22H,8-9,11-12,14-15H2,1H3. The third-order valence-electron chi connectivity index (χ3n) is 5.28. The number of hydrogen-bond acceptors (Lipinski definition) is 5. The molecule has 0 aliphatic carbocycles. The summed E-state index contributed by atoms with van der Waals surface area (Å²) in [5, 5.41) is 8.04. The van der Waals surface area contributed by atoms with Gasteiger partial charge >= 0.3 is 5.69 Å². The maximum absolute atomic E-state index is 12.5. The zero-order valence-electron chi connectivity index (χ0n) is 16.1. The maximum Gasteiger partial charge on any atom is 0.350 e. The van der Waals surface area contributed by atoms with E-state index in [-0.39, 0.29) is 11.7 Å². The molecule has 0 radical (unpaired) electrons. The average molecular weight is 382 g/mol. The van der Waals surface area contributed by atoms with Crippen LogP contribution in [0.1, 0.15) is 18.4 Å². The van der Waals surface area contributed by atoms with Crippen molar-refractivity contribution in [3.8, 4) is 0 Å². The molecule has 1 unspecified atom stereocenters. The van der Waals surface area contributed by atoms with Crippen LogP contribution in [0.2, 0.25) is 0 Å². The Kier molecular flexibility index (Phi) is 5.73. The molecule has 1 fully saturated rings. The molecule has 28 heavy (non-hydrogen) atoms. The number of pyridine rings is 1. The Balaban J connectivity index is 1.51. The highest BCUT2D eigenvalue weighted by atomic mass is 16.5. The molecular formula is C21H26N4O3. The summed E-state index contributed by atoms with van der Waals surface area (Å²) in [5.74, 6) is 0.526. The lowest BCUT2D eigenvalue weighted by Gasteiger charge is -2.31. The third-order valence-corrected chi connectivity index (χ3v) is 5.28. The summed E-state index contributed by atoms with van der Waals surface area (Å²) >= 11 is 0. The second-order valence-electron chi connectivity index (χ2n) is 7.23. The molecule has 0 spiro atoms. The Morgan fingerprint density at radius 3 is 2.89 bits per heavy atom. The quantitative estimate of drug-likeness (QED) is 0.680. The van der Waals surface area contributed by atoms with E-state index in [0.29, 0.717) is 24.7 Å². The predicted octanol–water partition coefficient (Wildman–Crippen LogP) is 2.40. The summed E-state index contributed by atoms with van der Waals surface area (Å²) in [6, 6.07) is 13.9. The van der Waals surface area contributed by atoms with E-state index in [1.807, 2.05) is 30.3 Å². The first-order valence-corrected chi connectivity index (χ1v) is 9.71. The van der Waals surface area contributed by atoms with Crippen LogP contribution in [0.15, 0.2) is 53.5 Å². The Hall–Kier alpha value is -2.64. The average Bonchev–Trinajstić information content (AvgIpc) is 3.04. The van der Waals surface area contributed by atoms with Crippen molar-refractivity contribution in [1.29, 1.82) is 0 Å². The molecule has 1 aromatic carbocycles. The van der Waals surface area contributed by atoms with Crippen LogP contribution in [-0.4, -0.2) is 47.2 Å². The number of fused-ring (bicyclic) bond motifs is 1. The second-order valence-corrected chi connectivity index (χ2v) is 7.23. The van der Waals surface area contributed by atoms with Gasteiger partial charge < -0.3 is 14.8 Å². The normalized spacial score (nSPS) is 16.3. The molecular weight excluding hydrogens is 356 g/mol. The maximum atomic E-state index is 12.5. The lowest BCUT2D eigenvalue weighted by atomic mass is 9.92. The summed E-state index contributed by atoms with van der Waals surface area (Å²) in [4.78, 5) is 12.5. The zero-order valence-corrected chi connectivity index (χ0v) is 16.1. The van der Waals surface area contributed by atoms with Crippen molar-refractivity contribution < 1.29 is 9.47 Å². The van der Waals surface area contributed by atoms with Gasteiger partial charge in [0.25, 0.3) is 0 Å². The van der Waals surface area contributed by atoms with Gasteiger partial charge in [0, 0.05) is 32.2 Å². The van der Waals surface area contributed by atoms with E-state index >= 15 is 0 Å². The van der Waals surface area contributed by atoms with E-state index in [0.717, 1.165) is 37.3 Å². The van der Waals surface area contributed by atoms with E-state index < -0.39 is 0 Å². The van der Waals surface area contributed by atoms with Crippen molar-refractivity contribution in [3.05, 3.63) is 64.7 Å². The number of hydrogen-bond donors (Lipinski definition) is 1. The van der Waals surface area contributed by atoms with Crippen molar-refractivity contribution in [2.75, 3.05) is 32.2 Å². The van der Waals surface area contributed by atoms with Crippen molar-refractivity contribution >= 4 is 11.3 Å². The number of aromatic nitrogens is 3. The monoisotopic (exact) mass is 382 g/mol. The van der Waals surface area contributed by atoms with Crippen LogP contribution in [0.4, 0.5) is 5.69 Å². The molecule has 1 N–H and O–H groups in total. The first kappa shape index (κ1) is 18.7. The fourth-order valence-corrected chi connectivity index (χ4v) is 3.81. The second kappa shape index (κ2) is 8.58. The van der Waals surface area contributed by atoms with Crippen LogP contribution >= 0.6 is 0 Å².